The normalized spacial score (nSPS) is 16.1. The van der Waals surface area contributed by atoms with E-state index in [4.69, 9.17) is 14.2 Å². The van der Waals surface area contributed by atoms with Crippen LogP contribution < -0.4 is 19.1 Å². The maximum absolute atomic E-state index is 5.67. The minimum atomic E-state index is 0. The van der Waals surface area contributed by atoms with E-state index in [0.29, 0.717) is 0 Å². The second-order valence-corrected chi connectivity index (χ2v) is 7.85. The van der Waals surface area contributed by atoms with Gasteiger partial charge in [-0.25, -0.2) is 0 Å². The topological polar surface area (TPSA) is 34.2 Å². The molecule has 0 saturated carbocycles. The highest BCUT2D eigenvalue weighted by atomic mass is 35.5. The number of methoxy groups -OCH3 is 3. The monoisotopic (exact) mass is 444 g/mol. The zero-order valence-electron chi connectivity index (χ0n) is 18.7. The van der Waals surface area contributed by atoms with Crippen molar-refractivity contribution in [2.24, 2.45) is 0 Å². The van der Waals surface area contributed by atoms with Gasteiger partial charge in [0.15, 0.2) is 11.5 Å². The van der Waals surface area contributed by atoms with E-state index < -0.39 is 0 Å². The lowest BCUT2D eigenvalue weighted by atomic mass is 9.88. The first kappa shape index (κ1) is 23.3. The van der Waals surface area contributed by atoms with Crippen LogP contribution in [0.25, 0.3) is 5.57 Å². The van der Waals surface area contributed by atoms with Crippen LogP contribution in [0, 0.1) is 0 Å². The molecule has 0 spiro atoms. The zero-order valence-corrected chi connectivity index (χ0v) is 19.5. The third kappa shape index (κ3) is 4.94. The first-order valence-corrected chi connectivity index (χ1v) is 10.8. The number of anilines is 1. The average Bonchev–Trinajstić information content (AvgIpc) is 2.82. The van der Waals surface area contributed by atoms with Crippen molar-refractivity contribution in [2.45, 2.75) is 19.3 Å². The van der Waals surface area contributed by atoms with Crippen molar-refractivity contribution in [3.8, 4) is 17.2 Å². The van der Waals surface area contributed by atoms with Crippen LogP contribution in [0.5, 0.6) is 17.2 Å². The summed E-state index contributed by atoms with van der Waals surface area (Å²) in [5.41, 5.74) is 5.25. The Morgan fingerprint density at radius 2 is 1.58 bits per heavy atom. The molecule has 6 heteroatoms. The molecular formula is C25H33ClN2O3. The van der Waals surface area contributed by atoms with Gasteiger partial charge in [-0.15, -0.1) is 12.4 Å². The molecule has 1 fully saturated rings. The number of hydrogen-bond acceptors (Lipinski definition) is 5. The Morgan fingerprint density at radius 1 is 0.839 bits per heavy atom. The number of rotatable bonds is 7. The third-order valence-electron chi connectivity index (χ3n) is 6.27. The molecule has 0 radical (unpaired) electrons. The van der Waals surface area contributed by atoms with Crippen LogP contribution in [-0.4, -0.2) is 59.0 Å². The quantitative estimate of drug-likeness (QED) is 0.619. The molecule has 0 bridgehead atoms. The molecule has 1 aliphatic carbocycles. The first-order chi connectivity index (χ1) is 14.7. The van der Waals surface area contributed by atoms with E-state index in [1.165, 1.54) is 22.4 Å². The summed E-state index contributed by atoms with van der Waals surface area (Å²) in [5.74, 6) is 2.68. The van der Waals surface area contributed by atoms with Crippen molar-refractivity contribution >= 4 is 23.7 Å². The van der Waals surface area contributed by atoms with Crippen molar-refractivity contribution in [3.63, 3.8) is 0 Å². The number of hydrogen-bond donors (Lipinski definition) is 0. The Morgan fingerprint density at radius 3 is 2.29 bits per heavy atom. The summed E-state index contributed by atoms with van der Waals surface area (Å²) in [7, 11) is 5.18. The molecule has 4 rings (SSSR count). The fraction of sp³-hybridized carbons (Fsp3) is 0.440. The lowest BCUT2D eigenvalue weighted by Gasteiger charge is -2.37. The van der Waals surface area contributed by atoms with Crippen LogP contribution in [0.1, 0.15) is 24.0 Å². The van der Waals surface area contributed by atoms with Gasteiger partial charge in [0.25, 0.3) is 0 Å². The molecule has 1 saturated heterocycles. The van der Waals surface area contributed by atoms with Gasteiger partial charge in [0.05, 0.1) is 27.0 Å². The molecule has 0 aromatic heterocycles. The van der Waals surface area contributed by atoms with Gasteiger partial charge in [-0.05, 0) is 48.6 Å². The summed E-state index contributed by atoms with van der Waals surface area (Å²) < 4.78 is 16.7. The van der Waals surface area contributed by atoms with Gasteiger partial charge >= 0.3 is 0 Å². The summed E-state index contributed by atoms with van der Waals surface area (Å²) in [6.45, 7) is 5.29. The van der Waals surface area contributed by atoms with E-state index in [9.17, 15) is 0 Å². The van der Waals surface area contributed by atoms with E-state index in [1.54, 1.807) is 21.3 Å². The smallest absolute Gasteiger partial charge is 0.164 e. The molecular weight excluding hydrogens is 412 g/mol. The molecule has 168 valence electrons. The molecule has 0 amide bonds. The first-order valence-electron chi connectivity index (χ1n) is 10.8. The van der Waals surface area contributed by atoms with Gasteiger partial charge in [-0.3, -0.25) is 4.90 Å². The van der Waals surface area contributed by atoms with Gasteiger partial charge < -0.3 is 19.1 Å². The largest absolute Gasteiger partial charge is 0.495 e. The van der Waals surface area contributed by atoms with Gasteiger partial charge in [0.2, 0.25) is 0 Å². The maximum Gasteiger partial charge on any atom is 0.164 e. The van der Waals surface area contributed by atoms with Crippen molar-refractivity contribution in [3.05, 3.63) is 53.6 Å². The predicted octanol–water partition coefficient (Wildman–Crippen LogP) is 4.68. The van der Waals surface area contributed by atoms with Gasteiger partial charge in [0, 0.05) is 38.3 Å². The van der Waals surface area contributed by atoms with Crippen molar-refractivity contribution in [2.75, 3.05) is 59.0 Å². The summed E-state index contributed by atoms with van der Waals surface area (Å²) in [4.78, 5) is 5.00. The average molecular weight is 445 g/mol. The summed E-state index contributed by atoms with van der Waals surface area (Å²) in [6.07, 6.45) is 5.54. The second-order valence-electron chi connectivity index (χ2n) is 7.85. The molecule has 0 unspecified atom stereocenters. The van der Waals surface area contributed by atoms with Crippen LogP contribution in [0.2, 0.25) is 0 Å². The molecule has 1 heterocycles. The second kappa shape index (κ2) is 10.8. The Labute approximate surface area is 192 Å². The van der Waals surface area contributed by atoms with E-state index in [-0.39, 0.29) is 12.4 Å². The molecule has 0 atom stereocenters. The molecule has 2 aromatic rings. The van der Waals surface area contributed by atoms with Crippen LogP contribution in [0.15, 0.2) is 42.5 Å². The Bertz CT molecular complexity index is 908. The number of piperazine rings is 1. The summed E-state index contributed by atoms with van der Waals surface area (Å²) in [6, 6.07) is 12.5. The molecule has 5 nitrogen and oxygen atoms in total. The standard InChI is InChI=1S/C25H32N2O3.ClH/c1-28-23-10-5-4-9-22(23)27-17-15-26(16-18-27)14-13-19-7-6-8-21-20(19)11-12-24(29-2)25(21)30-3;/h4-5,7,9-12H,6,8,13-18H2,1-3H3;1H. The lowest BCUT2D eigenvalue weighted by molar-refractivity contribution is 0.263. The molecule has 2 aliphatic rings. The summed E-state index contributed by atoms with van der Waals surface area (Å²) in [5, 5.41) is 0. The van der Waals surface area contributed by atoms with Crippen LogP contribution in [-0.2, 0) is 6.42 Å². The number of halogens is 1. The van der Waals surface area contributed by atoms with E-state index in [0.717, 1.165) is 69.2 Å². The Balaban J connectivity index is 0.00000272. The van der Waals surface area contributed by atoms with Crippen LogP contribution >= 0.6 is 12.4 Å². The minimum Gasteiger partial charge on any atom is -0.495 e. The van der Waals surface area contributed by atoms with Crippen molar-refractivity contribution in [1.29, 1.82) is 0 Å². The predicted molar refractivity (Wildman–Crippen MR) is 129 cm³/mol. The number of allylic oxidation sites excluding steroid dienone is 1. The SMILES string of the molecule is COc1ccccc1N1CCN(CCC2=CCCc3c2ccc(OC)c3OC)CC1.Cl. The van der Waals surface area contributed by atoms with Crippen molar-refractivity contribution < 1.29 is 14.2 Å². The minimum absolute atomic E-state index is 0. The van der Waals surface area contributed by atoms with Gasteiger partial charge in [-0.1, -0.05) is 24.3 Å². The molecule has 1 aliphatic heterocycles. The number of benzene rings is 2. The third-order valence-corrected chi connectivity index (χ3v) is 6.27. The van der Waals surface area contributed by atoms with Crippen molar-refractivity contribution in [1.82, 2.24) is 4.90 Å². The molecule has 31 heavy (non-hydrogen) atoms. The van der Waals surface area contributed by atoms with E-state index in [1.807, 2.05) is 18.2 Å². The Kier molecular flexibility index (Phi) is 8.10. The fourth-order valence-electron chi connectivity index (χ4n) is 4.66. The zero-order chi connectivity index (χ0) is 20.9. The molecule has 0 N–H and O–H groups in total. The number of ether oxygens (including phenoxy) is 3. The highest BCUT2D eigenvalue weighted by molar-refractivity contribution is 5.85. The van der Waals surface area contributed by atoms with Gasteiger partial charge in [0.1, 0.15) is 5.75 Å². The molecule has 2 aromatic carbocycles. The summed E-state index contributed by atoms with van der Waals surface area (Å²) >= 11 is 0. The lowest BCUT2D eigenvalue weighted by Crippen LogP contribution is -2.46. The van der Waals surface area contributed by atoms with Gasteiger partial charge in [-0.2, -0.15) is 0 Å². The van der Waals surface area contributed by atoms with E-state index >= 15 is 0 Å². The van der Waals surface area contributed by atoms with Crippen LogP contribution in [0.4, 0.5) is 5.69 Å². The maximum atomic E-state index is 5.67. The number of nitrogens with zero attached hydrogens (tertiary/aromatic N) is 2. The Hall–Kier alpha value is -2.37. The highest BCUT2D eigenvalue weighted by Gasteiger charge is 2.22. The van der Waals surface area contributed by atoms with Crippen LogP contribution in [0.3, 0.4) is 0 Å². The fourth-order valence-corrected chi connectivity index (χ4v) is 4.66. The number of para-hydroxylation sites is 2. The highest BCUT2D eigenvalue weighted by Crippen LogP contribution is 2.40. The number of fused-ring (bicyclic) bond motifs is 1. The van der Waals surface area contributed by atoms with E-state index in [2.05, 4.69) is 34.1 Å².